The Morgan fingerprint density at radius 2 is 2.36 bits per heavy atom. The van der Waals surface area contributed by atoms with Crippen molar-refractivity contribution in [3.05, 3.63) is 0 Å². The predicted molar refractivity (Wildman–Crippen MR) is 42.4 cm³/mol. The van der Waals surface area contributed by atoms with Crippen LogP contribution in [0.5, 0.6) is 0 Å². The predicted octanol–water partition coefficient (Wildman–Crippen LogP) is 1.48. The van der Waals surface area contributed by atoms with Crippen molar-refractivity contribution in [1.82, 2.24) is 4.90 Å². The molecule has 0 N–H and O–H groups in total. The lowest BCUT2D eigenvalue weighted by atomic mass is 10.2. The highest BCUT2D eigenvalue weighted by molar-refractivity contribution is 5.69. The lowest BCUT2D eigenvalue weighted by Crippen LogP contribution is -2.28. The average molecular weight is 157 g/mol. The van der Waals surface area contributed by atoms with Gasteiger partial charge in [-0.1, -0.05) is 13.8 Å². The molecular formula is C8H15NO2. The molecule has 64 valence electrons. The summed E-state index contributed by atoms with van der Waals surface area (Å²) < 4.78 is 4.96. The third-order valence-corrected chi connectivity index (χ3v) is 1.62. The van der Waals surface area contributed by atoms with E-state index >= 15 is 0 Å². The van der Waals surface area contributed by atoms with E-state index < -0.39 is 0 Å². The first-order chi connectivity index (χ1) is 5.09. The Hall–Kier alpha value is -0.730. The summed E-state index contributed by atoms with van der Waals surface area (Å²) >= 11 is 0. The molecule has 1 saturated heterocycles. The van der Waals surface area contributed by atoms with E-state index in [4.69, 9.17) is 4.74 Å². The molecule has 0 saturated carbocycles. The second kappa shape index (κ2) is 3.11. The second-order valence-corrected chi connectivity index (χ2v) is 3.49. The van der Waals surface area contributed by atoms with Crippen molar-refractivity contribution in [3.8, 4) is 0 Å². The Morgan fingerprint density at radius 1 is 1.73 bits per heavy atom. The Labute approximate surface area is 67.3 Å². The zero-order chi connectivity index (χ0) is 8.43. The highest BCUT2D eigenvalue weighted by atomic mass is 16.6. The van der Waals surface area contributed by atoms with E-state index in [2.05, 4.69) is 13.8 Å². The van der Waals surface area contributed by atoms with Gasteiger partial charge in [-0.2, -0.15) is 0 Å². The van der Waals surface area contributed by atoms with Crippen LogP contribution in [0.3, 0.4) is 0 Å². The molecule has 0 aromatic carbocycles. The fourth-order valence-corrected chi connectivity index (χ4v) is 1.26. The summed E-state index contributed by atoms with van der Waals surface area (Å²) in [7, 11) is 0. The standard InChI is InChI=1S/C8H15NO2/c1-6(2)4-9-5-7(3)11-8(9)10/h6-7H,4-5H2,1-3H3/t7-/m0/s1. The number of nitrogens with zero attached hydrogens (tertiary/aromatic N) is 1. The molecule has 1 rings (SSSR count). The molecule has 0 aromatic heterocycles. The van der Waals surface area contributed by atoms with Crippen molar-refractivity contribution in [2.45, 2.75) is 26.9 Å². The molecule has 1 amide bonds. The quantitative estimate of drug-likeness (QED) is 0.607. The molecule has 3 nitrogen and oxygen atoms in total. The molecule has 0 unspecified atom stereocenters. The number of carbonyl (C=O) groups excluding carboxylic acids is 1. The van der Waals surface area contributed by atoms with E-state index in [1.807, 2.05) is 6.92 Å². The fourth-order valence-electron chi connectivity index (χ4n) is 1.26. The third kappa shape index (κ3) is 2.10. The fraction of sp³-hybridized carbons (Fsp3) is 0.875. The van der Waals surface area contributed by atoms with Crippen LogP contribution in [-0.2, 0) is 4.74 Å². The van der Waals surface area contributed by atoms with Crippen LogP contribution in [0.15, 0.2) is 0 Å². The van der Waals surface area contributed by atoms with Crippen LogP contribution < -0.4 is 0 Å². The largest absolute Gasteiger partial charge is 0.445 e. The number of cyclic esters (lactones) is 1. The maximum Gasteiger partial charge on any atom is 0.410 e. The van der Waals surface area contributed by atoms with Crippen molar-refractivity contribution in [2.75, 3.05) is 13.1 Å². The monoisotopic (exact) mass is 157 g/mol. The minimum atomic E-state index is -0.161. The molecule has 11 heavy (non-hydrogen) atoms. The van der Waals surface area contributed by atoms with Crippen LogP contribution in [0.2, 0.25) is 0 Å². The molecule has 0 spiro atoms. The summed E-state index contributed by atoms with van der Waals surface area (Å²) in [4.78, 5) is 12.8. The molecule has 1 fully saturated rings. The van der Waals surface area contributed by atoms with Gasteiger partial charge in [-0.25, -0.2) is 4.79 Å². The van der Waals surface area contributed by atoms with E-state index in [1.54, 1.807) is 4.90 Å². The second-order valence-electron chi connectivity index (χ2n) is 3.49. The van der Waals surface area contributed by atoms with Crippen molar-refractivity contribution < 1.29 is 9.53 Å². The molecular weight excluding hydrogens is 142 g/mol. The minimum absolute atomic E-state index is 0.0706. The first-order valence-corrected chi connectivity index (χ1v) is 4.05. The zero-order valence-electron chi connectivity index (χ0n) is 7.33. The van der Waals surface area contributed by atoms with Crippen LogP contribution in [0.1, 0.15) is 20.8 Å². The lowest BCUT2D eigenvalue weighted by molar-refractivity contribution is 0.137. The van der Waals surface area contributed by atoms with Crippen molar-refractivity contribution >= 4 is 6.09 Å². The van der Waals surface area contributed by atoms with Crippen molar-refractivity contribution in [1.29, 1.82) is 0 Å². The molecule has 3 heteroatoms. The molecule has 0 radical (unpaired) electrons. The van der Waals surface area contributed by atoms with Gasteiger partial charge in [0.25, 0.3) is 0 Å². The first-order valence-electron chi connectivity index (χ1n) is 4.05. The molecule has 1 aliphatic heterocycles. The average Bonchev–Trinajstić information content (AvgIpc) is 2.09. The number of hydrogen-bond acceptors (Lipinski definition) is 2. The summed E-state index contributed by atoms with van der Waals surface area (Å²) in [5.41, 5.74) is 0. The summed E-state index contributed by atoms with van der Waals surface area (Å²) in [6.45, 7) is 7.66. The molecule has 0 bridgehead atoms. The van der Waals surface area contributed by atoms with Crippen LogP contribution in [0.25, 0.3) is 0 Å². The van der Waals surface area contributed by atoms with Crippen LogP contribution >= 0.6 is 0 Å². The van der Waals surface area contributed by atoms with Crippen LogP contribution in [0.4, 0.5) is 4.79 Å². The van der Waals surface area contributed by atoms with Crippen LogP contribution in [0, 0.1) is 5.92 Å². The van der Waals surface area contributed by atoms with E-state index in [-0.39, 0.29) is 12.2 Å². The van der Waals surface area contributed by atoms with Gasteiger partial charge in [-0.15, -0.1) is 0 Å². The normalized spacial score (nSPS) is 24.5. The third-order valence-electron chi connectivity index (χ3n) is 1.62. The topological polar surface area (TPSA) is 29.5 Å². The Kier molecular flexibility index (Phi) is 2.37. The lowest BCUT2D eigenvalue weighted by Gasteiger charge is -2.14. The molecule has 1 aliphatic rings. The zero-order valence-corrected chi connectivity index (χ0v) is 7.33. The van der Waals surface area contributed by atoms with E-state index in [0.717, 1.165) is 13.1 Å². The number of carbonyl (C=O) groups is 1. The van der Waals surface area contributed by atoms with Crippen molar-refractivity contribution in [2.24, 2.45) is 5.92 Å². The SMILES string of the molecule is CC(C)CN1C[C@H](C)OC1=O. The van der Waals surface area contributed by atoms with Crippen molar-refractivity contribution in [3.63, 3.8) is 0 Å². The number of ether oxygens (including phenoxy) is 1. The summed E-state index contributed by atoms with van der Waals surface area (Å²) in [6.07, 6.45) is -0.0903. The van der Waals surface area contributed by atoms with E-state index in [1.165, 1.54) is 0 Å². The maximum atomic E-state index is 11.0. The van der Waals surface area contributed by atoms with Gasteiger partial charge in [0.2, 0.25) is 0 Å². The van der Waals surface area contributed by atoms with Gasteiger partial charge in [-0.3, -0.25) is 0 Å². The molecule has 0 aromatic rings. The van der Waals surface area contributed by atoms with E-state index in [9.17, 15) is 4.79 Å². The Bertz CT molecular complexity index is 156. The van der Waals surface area contributed by atoms with E-state index in [0.29, 0.717) is 5.92 Å². The first kappa shape index (κ1) is 8.37. The van der Waals surface area contributed by atoms with Gasteiger partial charge >= 0.3 is 6.09 Å². The summed E-state index contributed by atoms with van der Waals surface area (Å²) in [6, 6.07) is 0. The molecule has 1 atom stereocenters. The van der Waals surface area contributed by atoms with Gasteiger partial charge in [0, 0.05) is 6.54 Å². The number of hydrogen-bond donors (Lipinski definition) is 0. The highest BCUT2D eigenvalue weighted by Crippen LogP contribution is 2.11. The maximum absolute atomic E-state index is 11.0. The van der Waals surface area contributed by atoms with Gasteiger partial charge < -0.3 is 9.64 Å². The summed E-state index contributed by atoms with van der Waals surface area (Å²) in [5, 5.41) is 0. The Morgan fingerprint density at radius 3 is 2.73 bits per heavy atom. The number of amides is 1. The van der Waals surface area contributed by atoms with Crippen LogP contribution in [-0.4, -0.2) is 30.2 Å². The van der Waals surface area contributed by atoms with Gasteiger partial charge in [0.1, 0.15) is 6.10 Å². The molecule has 1 heterocycles. The Balaban J connectivity index is 2.41. The molecule has 0 aliphatic carbocycles. The van der Waals surface area contributed by atoms with Gasteiger partial charge in [0.15, 0.2) is 0 Å². The van der Waals surface area contributed by atoms with Gasteiger partial charge in [-0.05, 0) is 12.8 Å². The summed E-state index contributed by atoms with van der Waals surface area (Å²) in [5.74, 6) is 0.521. The smallest absolute Gasteiger partial charge is 0.410 e. The van der Waals surface area contributed by atoms with Gasteiger partial charge in [0.05, 0.1) is 6.54 Å². The highest BCUT2D eigenvalue weighted by Gasteiger charge is 2.27. The number of rotatable bonds is 2. The minimum Gasteiger partial charge on any atom is -0.445 e.